The minimum Gasteiger partial charge on any atom is -0.394 e. The summed E-state index contributed by atoms with van der Waals surface area (Å²) in [5, 5.41) is 13.9. The maximum Gasteiger partial charge on any atom is 0.255 e. The van der Waals surface area contributed by atoms with E-state index in [1.54, 1.807) is 12.1 Å². The van der Waals surface area contributed by atoms with Crippen molar-refractivity contribution >= 4 is 17.5 Å². The molecule has 1 saturated heterocycles. The molecule has 0 spiro atoms. The van der Waals surface area contributed by atoms with Gasteiger partial charge >= 0.3 is 0 Å². The van der Waals surface area contributed by atoms with Crippen molar-refractivity contribution < 1.29 is 9.90 Å². The molecule has 1 aliphatic heterocycles. The van der Waals surface area contributed by atoms with E-state index in [0.29, 0.717) is 16.6 Å². The maximum absolute atomic E-state index is 12.6. The van der Waals surface area contributed by atoms with Crippen molar-refractivity contribution in [2.75, 3.05) is 19.7 Å². The van der Waals surface area contributed by atoms with E-state index in [9.17, 15) is 9.90 Å². The highest BCUT2D eigenvalue weighted by Gasteiger charge is 2.36. The van der Waals surface area contributed by atoms with Crippen LogP contribution in [0.5, 0.6) is 0 Å². The number of nitrogens with zero attached hydrogens (tertiary/aromatic N) is 1. The van der Waals surface area contributed by atoms with E-state index in [4.69, 9.17) is 11.6 Å². The summed E-state index contributed by atoms with van der Waals surface area (Å²) in [5.41, 5.74) is 0.503. The first-order valence-electron chi connectivity index (χ1n) is 8.56. The number of nitrogens with one attached hydrogen (secondary N) is 1. The lowest BCUT2D eigenvalue weighted by atomic mass is 9.94. The highest BCUT2D eigenvalue weighted by molar-refractivity contribution is 6.33. The van der Waals surface area contributed by atoms with Crippen LogP contribution < -0.4 is 5.32 Å². The van der Waals surface area contributed by atoms with E-state index in [-0.39, 0.29) is 18.1 Å². The molecule has 0 bridgehead atoms. The van der Waals surface area contributed by atoms with Crippen LogP contribution in [0.2, 0.25) is 5.02 Å². The highest BCUT2D eigenvalue weighted by Crippen LogP contribution is 2.31. The summed E-state index contributed by atoms with van der Waals surface area (Å²) in [6.45, 7) is 1.69. The van der Waals surface area contributed by atoms with Crippen LogP contribution in [0.3, 0.4) is 0 Å². The predicted octanol–water partition coefficient (Wildman–Crippen LogP) is 2.84. The van der Waals surface area contributed by atoms with Gasteiger partial charge in [-0.3, -0.25) is 4.79 Å². The first-order chi connectivity index (χ1) is 11.1. The topological polar surface area (TPSA) is 52.6 Å². The molecule has 1 aromatic rings. The number of piperidine rings is 1. The molecule has 4 nitrogen and oxygen atoms in total. The number of rotatable bonds is 4. The Morgan fingerprint density at radius 3 is 2.52 bits per heavy atom. The Labute approximate surface area is 142 Å². The largest absolute Gasteiger partial charge is 0.394 e. The molecule has 126 valence electrons. The molecule has 0 atom stereocenters. The van der Waals surface area contributed by atoms with Crippen LogP contribution in [-0.4, -0.2) is 47.2 Å². The third kappa shape index (κ3) is 3.70. The van der Waals surface area contributed by atoms with Crippen LogP contribution in [0.1, 0.15) is 48.9 Å². The first-order valence-corrected chi connectivity index (χ1v) is 8.94. The van der Waals surface area contributed by atoms with Gasteiger partial charge in [-0.2, -0.15) is 0 Å². The zero-order valence-corrected chi connectivity index (χ0v) is 14.2. The SMILES string of the molecule is O=C(c1ccccc1Cl)N1CCC(NC2(CO)CCCC2)CC1. The van der Waals surface area contributed by atoms with Crippen molar-refractivity contribution in [3.63, 3.8) is 0 Å². The quantitative estimate of drug-likeness (QED) is 0.889. The van der Waals surface area contributed by atoms with Gasteiger partial charge in [0, 0.05) is 24.7 Å². The number of carbonyl (C=O) groups excluding carboxylic acids is 1. The summed E-state index contributed by atoms with van der Waals surface area (Å²) in [5.74, 6) is 0.0202. The van der Waals surface area contributed by atoms with Crippen molar-refractivity contribution in [1.82, 2.24) is 10.2 Å². The molecule has 1 aliphatic carbocycles. The van der Waals surface area contributed by atoms with E-state index in [0.717, 1.165) is 38.8 Å². The average Bonchev–Trinajstić information content (AvgIpc) is 3.04. The Hall–Kier alpha value is -1.10. The molecular formula is C18H25ClN2O2. The number of benzene rings is 1. The molecule has 5 heteroatoms. The predicted molar refractivity (Wildman–Crippen MR) is 91.8 cm³/mol. The monoisotopic (exact) mass is 336 g/mol. The third-order valence-electron chi connectivity index (χ3n) is 5.26. The smallest absolute Gasteiger partial charge is 0.255 e. The molecular weight excluding hydrogens is 312 g/mol. The molecule has 1 saturated carbocycles. The summed E-state index contributed by atoms with van der Waals surface area (Å²) in [6, 6.07) is 7.61. The number of aliphatic hydroxyl groups is 1. The van der Waals surface area contributed by atoms with Gasteiger partial charge in [-0.1, -0.05) is 36.6 Å². The second kappa shape index (κ2) is 7.20. The average molecular weight is 337 g/mol. The molecule has 0 unspecified atom stereocenters. The molecule has 2 fully saturated rings. The van der Waals surface area contributed by atoms with Crippen molar-refractivity contribution in [1.29, 1.82) is 0 Å². The molecule has 23 heavy (non-hydrogen) atoms. The van der Waals surface area contributed by atoms with Gasteiger partial charge in [0.1, 0.15) is 0 Å². The first kappa shape index (κ1) is 16.7. The zero-order chi connectivity index (χ0) is 16.3. The standard InChI is InChI=1S/C18H25ClN2O2/c19-16-6-2-1-5-15(16)17(23)21-11-7-14(8-12-21)20-18(13-22)9-3-4-10-18/h1-2,5-6,14,20,22H,3-4,7-13H2. The number of likely N-dealkylation sites (tertiary alicyclic amines) is 1. The number of halogens is 1. The minimum absolute atomic E-state index is 0.0202. The third-order valence-corrected chi connectivity index (χ3v) is 5.59. The number of hydrogen-bond acceptors (Lipinski definition) is 3. The Bertz CT molecular complexity index is 550. The fourth-order valence-electron chi connectivity index (χ4n) is 3.86. The van der Waals surface area contributed by atoms with Gasteiger partial charge < -0.3 is 15.3 Å². The van der Waals surface area contributed by atoms with Crippen molar-refractivity contribution in [2.45, 2.75) is 50.1 Å². The summed E-state index contributed by atoms with van der Waals surface area (Å²) < 4.78 is 0. The zero-order valence-electron chi connectivity index (χ0n) is 13.4. The molecule has 0 radical (unpaired) electrons. The highest BCUT2D eigenvalue weighted by atomic mass is 35.5. The lowest BCUT2D eigenvalue weighted by molar-refractivity contribution is 0.0675. The molecule has 2 aliphatic rings. The van der Waals surface area contributed by atoms with Crippen LogP contribution in [-0.2, 0) is 0 Å². The number of carbonyl (C=O) groups is 1. The molecule has 3 rings (SSSR count). The van der Waals surface area contributed by atoms with Crippen LogP contribution in [0.15, 0.2) is 24.3 Å². The fourth-order valence-corrected chi connectivity index (χ4v) is 4.08. The van der Waals surface area contributed by atoms with Gasteiger partial charge in [0.25, 0.3) is 5.91 Å². The van der Waals surface area contributed by atoms with E-state index >= 15 is 0 Å². The molecule has 0 aromatic heterocycles. The van der Waals surface area contributed by atoms with Crippen LogP contribution in [0.25, 0.3) is 0 Å². The second-order valence-electron chi connectivity index (χ2n) is 6.84. The summed E-state index contributed by atoms with van der Waals surface area (Å²) in [6.07, 6.45) is 6.36. The van der Waals surface area contributed by atoms with Gasteiger partial charge in [-0.15, -0.1) is 0 Å². The number of hydrogen-bond donors (Lipinski definition) is 2. The number of aliphatic hydroxyl groups excluding tert-OH is 1. The van der Waals surface area contributed by atoms with E-state index in [1.165, 1.54) is 12.8 Å². The van der Waals surface area contributed by atoms with Gasteiger partial charge in [0.05, 0.1) is 17.2 Å². The Balaban J connectivity index is 1.56. The maximum atomic E-state index is 12.6. The van der Waals surface area contributed by atoms with Gasteiger partial charge in [0.15, 0.2) is 0 Å². The van der Waals surface area contributed by atoms with Gasteiger partial charge in [-0.05, 0) is 37.8 Å². The Morgan fingerprint density at radius 2 is 1.91 bits per heavy atom. The summed E-state index contributed by atoms with van der Waals surface area (Å²) >= 11 is 6.13. The van der Waals surface area contributed by atoms with Crippen molar-refractivity contribution in [2.24, 2.45) is 0 Å². The van der Waals surface area contributed by atoms with Crippen LogP contribution in [0.4, 0.5) is 0 Å². The normalized spacial score (nSPS) is 21.6. The summed E-state index contributed by atoms with van der Waals surface area (Å²) in [7, 11) is 0. The van der Waals surface area contributed by atoms with E-state index < -0.39 is 0 Å². The molecule has 2 N–H and O–H groups in total. The van der Waals surface area contributed by atoms with Gasteiger partial charge in [0.2, 0.25) is 0 Å². The summed E-state index contributed by atoms with van der Waals surface area (Å²) in [4.78, 5) is 14.5. The fraction of sp³-hybridized carbons (Fsp3) is 0.611. The van der Waals surface area contributed by atoms with Crippen molar-refractivity contribution in [3.8, 4) is 0 Å². The van der Waals surface area contributed by atoms with E-state index in [2.05, 4.69) is 5.32 Å². The van der Waals surface area contributed by atoms with Crippen LogP contribution >= 0.6 is 11.6 Å². The van der Waals surface area contributed by atoms with Crippen molar-refractivity contribution in [3.05, 3.63) is 34.9 Å². The van der Waals surface area contributed by atoms with E-state index in [1.807, 2.05) is 17.0 Å². The molecule has 1 amide bonds. The minimum atomic E-state index is -0.0837. The molecule has 1 aromatic carbocycles. The van der Waals surface area contributed by atoms with Gasteiger partial charge in [-0.25, -0.2) is 0 Å². The second-order valence-corrected chi connectivity index (χ2v) is 7.24. The Morgan fingerprint density at radius 1 is 1.26 bits per heavy atom. The van der Waals surface area contributed by atoms with Crippen LogP contribution in [0, 0.1) is 0 Å². The molecule has 1 heterocycles. The lowest BCUT2D eigenvalue weighted by Crippen LogP contribution is -2.54. The lowest BCUT2D eigenvalue weighted by Gasteiger charge is -2.38. The Kier molecular flexibility index (Phi) is 5.24. The number of amides is 1.